The van der Waals surface area contributed by atoms with E-state index in [-0.39, 0.29) is 5.56 Å². The Morgan fingerprint density at radius 2 is 1.71 bits per heavy atom. The van der Waals surface area contributed by atoms with Crippen LogP contribution in [0.15, 0.2) is 29.4 Å². The largest absolute Gasteiger partial charge is 0.437 e. The van der Waals surface area contributed by atoms with Gasteiger partial charge in [0, 0.05) is 5.56 Å². The number of hydrogen-bond donors (Lipinski definition) is 1. The van der Waals surface area contributed by atoms with Crippen LogP contribution in [0.5, 0.6) is 0 Å². The molecule has 76 valence electrons. The molecule has 0 aromatic heterocycles. The molecule has 0 aliphatic heterocycles. The van der Waals surface area contributed by atoms with E-state index in [1.165, 1.54) is 24.3 Å². The molecule has 1 N–H and O–H groups in total. The summed E-state index contributed by atoms with van der Waals surface area (Å²) >= 11 is 0. The molecule has 0 fully saturated rings. The van der Waals surface area contributed by atoms with Crippen molar-refractivity contribution >= 4 is 5.71 Å². The van der Waals surface area contributed by atoms with Gasteiger partial charge >= 0.3 is 6.18 Å². The fourth-order valence-electron chi connectivity index (χ4n) is 0.990. The number of oxime groups is 1. The topological polar surface area (TPSA) is 32.6 Å². The first kappa shape index (κ1) is 10.6. The van der Waals surface area contributed by atoms with E-state index in [9.17, 15) is 13.2 Å². The van der Waals surface area contributed by atoms with Crippen LogP contribution in [-0.2, 0) is 0 Å². The van der Waals surface area contributed by atoms with Crippen molar-refractivity contribution in [3.8, 4) is 0 Å². The molecule has 0 bridgehead atoms. The van der Waals surface area contributed by atoms with Gasteiger partial charge in [0.15, 0.2) is 5.71 Å². The second kappa shape index (κ2) is 3.69. The number of rotatable bonds is 1. The average Bonchev–Trinajstić information content (AvgIpc) is 2.07. The third kappa shape index (κ3) is 2.25. The zero-order valence-corrected chi connectivity index (χ0v) is 7.34. The normalized spacial score (nSPS) is 13.0. The molecule has 0 amide bonds. The van der Waals surface area contributed by atoms with Crippen LogP contribution in [0.3, 0.4) is 0 Å². The zero-order chi connectivity index (χ0) is 10.8. The number of halogens is 3. The molecule has 14 heavy (non-hydrogen) atoms. The van der Waals surface area contributed by atoms with Crippen LogP contribution in [-0.4, -0.2) is 17.1 Å². The maximum Gasteiger partial charge on any atom is 0.437 e. The molecular formula is C9H8F3NO. The summed E-state index contributed by atoms with van der Waals surface area (Å²) in [6.07, 6.45) is -4.63. The van der Waals surface area contributed by atoms with E-state index in [1.807, 2.05) is 0 Å². The molecule has 0 radical (unpaired) electrons. The molecule has 0 heterocycles. The number of benzene rings is 1. The standard InChI is InChI=1S/C9H8F3NO/c1-6-2-4-7(5-3-6)8(13-14)9(10,11)12/h2-5,14H,1H3/b13-8-. The van der Waals surface area contributed by atoms with Gasteiger partial charge in [0.05, 0.1) is 0 Å². The zero-order valence-electron chi connectivity index (χ0n) is 7.34. The Labute approximate surface area is 78.7 Å². The van der Waals surface area contributed by atoms with Crippen LogP contribution in [0.4, 0.5) is 13.2 Å². The molecule has 2 nitrogen and oxygen atoms in total. The monoisotopic (exact) mass is 203 g/mol. The molecule has 0 aliphatic rings. The van der Waals surface area contributed by atoms with Crippen molar-refractivity contribution in [1.82, 2.24) is 0 Å². The second-order valence-electron chi connectivity index (χ2n) is 2.81. The lowest BCUT2D eigenvalue weighted by Crippen LogP contribution is -2.23. The fourth-order valence-corrected chi connectivity index (χ4v) is 0.990. The highest BCUT2D eigenvalue weighted by atomic mass is 19.4. The van der Waals surface area contributed by atoms with Crippen LogP contribution in [0.2, 0.25) is 0 Å². The lowest BCUT2D eigenvalue weighted by Gasteiger charge is -2.08. The molecule has 0 saturated heterocycles. The van der Waals surface area contributed by atoms with E-state index in [0.717, 1.165) is 5.56 Å². The Balaban J connectivity index is 3.10. The number of hydrogen-bond acceptors (Lipinski definition) is 2. The van der Waals surface area contributed by atoms with E-state index in [2.05, 4.69) is 5.16 Å². The molecule has 0 unspecified atom stereocenters. The molecule has 0 spiro atoms. The van der Waals surface area contributed by atoms with Crippen LogP contribution >= 0.6 is 0 Å². The van der Waals surface area contributed by atoms with Gasteiger partial charge < -0.3 is 5.21 Å². The molecule has 0 aliphatic carbocycles. The summed E-state index contributed by atoms with van der Waals surface area (Å²) in [7, 11) is 0. The Kier molecular flexibility index (Phi) is 2.78. The van der Waals surface area contributed by atoms with E-state index >= 15 is 0 Å². The van der Waals surface area contributed by atoms with E-state index in [0.29, 0.717) is 0 Å². The summed E-state index contributed by atoms with van der Waals surface area (Å²) in [4.78, 5) is 0. The molecular weight excluding hydrogens is 195 g/mol. The van der Waals surface area contributed by atoms with Crippen molar-refractivity contribution in [2.45, 2.75) is 13.1 Å². The molecule has 0 saturated carbocycles. The summed E-state index contributed by atoms with van der Waals surface area (Å²) in [6.45, 7) is 1.76. The third-order valence-corrected chi connectivity index (χ3v) is 1.69. The molecule has 1 rings (SSSR count). The smallest absolute Gasteiger partial charge is 0.410 e. The summed E-state index contributed by atoms with van der Waals surface area (Å²) in [5, 5.41) is 10.5. The first-order valence-electron chi connectivity index (χ1n) is 3.81. The third-order valence-electron chi connectivity index (χ3n) is 1.69. The highest BCUT2D eigenvalue weighted by Crippen LogP contribution is 2.22. The van der Waals surface area contributed by atoms with E-state index in [4.69, 9.17) is 5.21 Å². The molecule has 1 aromatic carbocycles. The lowest BCUT2D eigenvalue weighted by molar-refractivity contribution is -0.0601. The summed E-state index contributed by atoms with van der Waals surface area (Å²) in [5.41, 5.74) is -0.587. The van der Waals surface area contributed by atoms with Crippen LogP contribution in [0.1, 0.15) is 11.1 Å². The lowest BCUT2D eigenvalue weighted by atomic mass is 10.1. The Morgan fingerprint density at radius 1 is 1.21 bits per heavy atom. The van der Waals surface area contributed by atoms with Crippen molar-refractivity contribution in [3.63, 3.8) is 0 Å². The fraction of sp³-hybridized carbons (Fsp3) is 0.222. The van der Waals surface area contributed by atoms with E-state index < -0.39 is 11.9 Å². The maximum absolute atomic E-state index is 12.2. The van der Waals surface area contributed by atoms with Gasteiger partial charge in [0.2, 0.25) is 0 Å². The Bertz CT molecular complexity index is 340. The highest BCUT2D eigenvalue weighted by Gasteiger charge is 2.37. The van der Waals surface area contributed by atoms with Crippen LogP contribution in [0.25, 0.3) is 0 Å². The van der Waals surface area contributed by atoms with Gasteiger partial charge in [-0.1, -0.05) is 35.0 Å². The van der Waals surface area contributed by atoms with Crippen molar-refractivity contribution in [2.24, 2.45) is 5.16 Å². The van der Waals surface area contributed by atoms with Gasteiger partial charge in [0.25, 0.3) is 0 Å². The van der Waals surface area contributed by atoms with Crippen LogP contribution in [0, 0.1) is 6.92 Å². The van der Waals surface area contributed by atoms with Gasteiger partial charge in [-0.05, 0) is 6.92 Å². The summed E-state index contributed by atoms with van der Waals surface area (Å²) in [6, 6.07) is 5.56. The van der Waals surface area contributed by atoms with Gasteiger partial charge in [-0.15, -0.1) is 0 Å². The van der Waals surface area contributed by atoms with Gasteiger partial charge in [-0.3, -0.25) is 0 Å². The number of alkyl halides is 3. The average molecular weight is 203 g/mol. The number of nitrogens with zero attached hydrogens (tertiary/aromatic N) is 1. The van der Waals surface area contributed by atoms with Gasteiger partial charge in [-0.2, -0.15) is 13.2 Å². The molecule has 5 heteroatoms. The van der Waals surface area contributed by atoms with Crippen LogP contribution < -0.4 is 0 Å². The minimum atomic E-state index is -4.63. The van der Waals surface area contributed by atoms with E-state index in [1.54, 1.807) is 6.92 Å². The van der Waals surface area contributed by atoms with Gasteiger partial charge in [-0.25, -0.2) is 0 Å². The maximum atomic E-state index is 12.2. The first-order chi connectivity index (χ1) is 6.45. The Morgan fingerprint density at radius 3 is 2.07 bits per heavy atom. The van der Waals surface area contributed by atoms with Crippen molar-refractivity contribution in [1.29, 1.82) is 0 Å². The van der Waals surface area contributed by atoms with Gasteiger partial charge in [0.1, 0.15) is 0 Å². The minimum absolute atomic E-state index is 0.148. The minimum Gasteiger partial charge on any atom is -0.410 e. The highest BCUT2D eigenvalue weighted by molar-refractivity contribution is 6.04. The molecule has 1 aromatic rings. The van der Waals surface area contributed by atoms with Crippen molar-refractivity contribution in [2.75, 3.05) is 0 Å². The van der Waals surface area contributed by atoms with Crippen molar-refractivity contribution in [3.05, 3.63) is 35.4 Å². The second-order valence-corrected chi connectivity index (χ2v) is 2.81. The van der Waals surface area contributed by atoms with Crippen molar-refractivity contribution < 1.29 is 18.4 Å². The quantitative estimate of drug-likeness (QED) is 0.425. The number of aryl methyl sites for hydroxylation is 1. The first-order valence-corrected chi connectivity index (χ1v) is 3.81. The summed E-state index contributed by atoms with van der Waals surface area (Å²) < 4.78 is 36.6. The Hall–Kier alpha value is -1.52. The summed E-state index contributed by atoms with van der Waals surface area (Å²) in [5.74, 6) is 0. The molecule has 0 atom stereocenters. The predicted octanol–water partition coefficient (Wildman–Crippen LogP) is 2.74. The SMILES string of the molecule is Cc1ccc(/C(=N/O)C(F)(F)F)cc1. The predicted molar refractivity (Wildman–Crippen MR) is 45.6 cm³/mol.